The first kappa shape index (κ1) is 10.4. The smallest absolute Gasteiger partial charge is 0.0211 e. The summed E-state index contributed by atoms with van der Waals surface area (Å²) >= 11 is 2.05. The van der Waals surface area contributed by atoms with Crippen molar-refractivity contribution in [2.24, 2.45) is 0 Å². The largest absolute Gasteiger partial charge is 0.302 e. The second-order valence-electron chi connectivity index (χ2n) is 3.75. The van der Waals surface area contributed by atoms with Crippen LogP contribution in [0.15, 0.2) is 0 Å². The van der Waals surface area contributed by atoms with Crippen LogP contribution < -0.4 is 0 Å². The van der Waals surface area contributed by atoms with Gasteiger partial charge in [-0.05, 0) is 39.1 Å². The Kier molecular flexibility index (Phi) is 4.44. The van der Waals surface area contributed by atoms with Crippen LogP contribution in [0.2, 0.25) is 0 Å². The fourth-order valence-electron chi connectivity index (χ4n) is 2.20. The topological polar surface area (TPSA) is 3.24 Å². The zero-order valence-corrected chi connectivity index (χ0v) is 9.36. The molecule has 0 radical (unpaired) electrons. The minimum atomic E-state index is 0.861. The molecule has 0 aromatic heterocycles. The average molecular weight is 187 g/mol. The van der Waals surface area contributed by atoms with Crippen LogP contribution in [0, 0.1) is 0 Å². The van der Waals surface area contributed by atoms with E-state index in [1.54, 1.807) is 0 Å². The quantitative estimate of drug-likeness (QED) is 0.665. The first-order chi connectivity index (χ1) is 5.79. The standard InChI is InChI=1S/C10H21NS/c1-4-8-11(2)9-6-5-7-10(9)12-3/h9-10H,4-8H2,1-3H3/t9?,10-/m1/s1. The Balaban J connectivity index is 2.38. The molecule has 0 spiro atoms. The Morgan fingerprint density at radius 3 is 2.75 bits per heavy atom. The molecule has 1 rings (SSSR count). The van der Waals surface area contributed by atoms with Gasteiger partial charge in [-0.1, -0.05) is 13.3 Å². The highest BCUT2D eigenvalue weighted by atomic mass is 32.2. The summed E-state index contributed by atoms with van der Waals surface area (Å²) in [6.07, 6.45) is 7.82. The molecule has 72 valence electrons. The zero-order chi connectivity index (χ0) is 8.97. The molecule has 0 saturated heterocycles. The van der Waals surface area contributed by atoms with Crippen molar-refractivity contribution in [2.45, 2.75) is 43.9 Å². The maximum Gasteiger partial charge on any atom is 0.0211 e. The van der Waals surface area contributed by atoms with Crippen LogP contribution in [-0.2, 0) is 0 Å². The molecule has 2 atom stereocenters. The maximum absolute atomic E-state index is 2.55. The van der Waals surface area contributed by atoms with Gasteiger partial charge in [0.25, 0.3) is 0 Å². The highest BCUT2D eigenvalue weighted by Gasteiger charge is 2.28. The summed E-state index contributed by atoms with van der Waals surface area (Å²) in [5.41, 5.74) is 0. The highest BCUT2D eigenvalue weighted by Crippen LogP contribution is 2.31. The van der Waals surface area contributed by atoms with Gasteiger partial charge < -0.3 is 4.90 Å². The van der Waals surface area contributed by atoms with E-state index < -0.39 is 0 Å². The maximum atomic E-state index is 2.55. The van der Waals surface area contributed by atoms with Crippen LogP contribution >= 0.6 is 11.8 Å². The van der Waals surface area contributed by atoms with Crippen molar-refractivity contribution in [1.82, 2.24) is 4.90 Å². The molecule has 1 saturated carbocycles. The number of hydrogen-bond acceptors (Lipinski definition) is 2. The normalized spacial score (nSPS) is 30.0. The molecule has 1 nitrogen and oxygen atoms in total. The lowest BCUT2D eigenvalue weighted by Crippen LogP contribution is -2.36. The molecule has 0 N–H and O–H groups in total. The van der Waals surface area contributed by atoms with E-state index in [0.29, 0.717) is 0 Å². The van der Waals surface area contributed by atoms with Gasteiger partial charge in [-0.2, -0.15) is 11.8 Å². The molecular weight excluding hydrogens is 166 g/mol. The minimum Gasteiger partial charge on any atom is -0.302 e. The van der Waals surface area contributed by atoms with Crippen LogP contribution in [0.4, 0.5) is 0 Å². The van der Waals surface area contributed by atoms with E-state index >= 15 is 0 Å². The van der Waals surface area contributed by atoms with E-state index in [4.69, 9.17) is 0 Å². The summed E-state index contributed by atoms with van der Waals surface area (Å²) in [5, 5.41) is 0.904. The first-order valence-corrected chi connectivity index (χ1v) is 6.31. The van der Waals surface area contributed by atoms with Crippen molar-refractivity contribution in [3.05, 3.63) is 0 Å². The summed E-state index contributed by atoms with van der Waals surface area (Å²) in [4.78, 5) is 2.55. The van der Waals surface area contributed by atoms with Crippen molar-refractivity contribution in [3.63, 3.8) is 0 Å². The molecule has 0 heterocycles. The number of rotatable bonds is 4. The fraction of sp³-hybridized carbons (Fsp3) is 1.00. The van der Waals surface area contributed by atoms with Crippen LogP contribution in [-0.4, -0.2) is 36.0 Å². The Bertz CT molecular complexity index is 127. The van der Waals surface area contributed by atoms with Gasteiger partial charge in [0, 0.05) is 11.3 Å². The van der Waals surface area contributed by atoms with Crippen molar-refractivity contribution >= 4 is 11.8 Å². The fourth-order valence-corrected chi connectivity index (χ4v) is 3.26. The average Bonchev–Trinajstić information content (AvgIpc) is 2.51. The zero-order valence-electron chi connectivity index (χ0n) is 8.55. The molecule has 0 bridgehead atoms. The van der Waals surface area contributed by atoms with Gasteiger partial charge in [-0.25, -0.2) is 0 Å². The summed E-state index contributed by atoms with van der Waals surface area (Å²) in [7, 11) is 2.28. The Morgan fingerprint density at radius 1 is 1.42 bits per heavy atom. The number of nitrogens with zero attached hydrogens (tertiary/aromatic N) is 1. The molecule has 12 heavy (non-hydrogen) atoms. The lowest BCUT2D eigenvalue weighted by molar-refractivity contribution is 0.250. The predicted octanol–water partition coefficient (Wildman–Crippen LogP) is 2.61. The Morgan fingerprint density at radius 2 is 2.17 bits per heavy atom. The first-order valence-electron chi connectivity index (χ1n) is 5.02. The van der Waals surface area contributed by atoms with Gasteiger partial charge in [0.1, 0.15) is 0 Å². The van der Waals surface area contributed by atoms with Crippen molar-refractivity contribution in [1.29, 1.82) is 0 Å². The van der Waals surface area contributed by atoms with E-state index in [9.17, 15) is 0 Å². The summed E-state index contributed by atoms with van der Waals surface area (Å²) < 4.78 is 0. The molecule has 0 amide bonds. The molecule has 1 fully saturated rings. The van der Waals surface area contributed by atoms with Gasteiger partial charge in [0.05, 0.1) is 0 Å². The van der Waals surface area contributed by atoms with E-state index in [1.165, 1.54) is 32.2 Å². The number of hydrogen-bond donors (Lipinski definition) is 0. The monoisotopic (exact) mass is 187 g/mol. The second-order valence-corrected chi connectivity index (χ2v) is 4.83. The molecule has 1 aliphatic carbocycles. The SMILES string of the molecule is CCCN(C)C1CCC[C@H]1SC. The molecule has 2 heteroatoms. The van der Waals surface area contributed by atoms with Crippen LogP contribution in [0.3, 0.4) is 0 Å². The van der Waals surface area contributed by atoms with Crippen LogP contribution in [0.1, 0.15) is 32.6 Å². The molecule has 1 aliphatic rings. The Labute approximate surface area is 80.9 Å². The van der Waals surface area contributed by atoms with E-state index in [-0.39, 0.29) is 0 Å². The van der Waals surface area contributed by atoms with E-state index in [1.807, 2.05) is 0 Å². The summed E-state index contributed by atoms with van der Waals surface area (Å²) in [5.74, 6) is 0. The third-order valence-corrected chi connectivity index (χ3v) is 4.02. The summed E-state index contributed by atoms with van der Waals surface area (Å²) in [6.45, 7) is 3.53. The van der Waals surface area contributed by atoms with Crippen molar-refractivity contribution in [2.75, 3.05) is 19.8 Å². The number of thioether (sulfide) groups is 1. The van der Waals surface area contributed by atoms with E-state index in [2.05, 4.69) is 36.9 Å². The predicted molar refractivity (Wildman–Crippen MR) is 57.9 cm³/mol. The molecule has 0 aliphatic heterocycles. The third-order valence-electron chi connectivity index (χ3n) is 2.86. The lowest BCUT2D eigenvalue weighted by Gasteiger charge is -2.28. The molecule has 0 aromatic rings. The van der Waals surface area contributed by atoms with Gasteiger partial charge in [-0.15, -0.1) is 0 Å². The van der Waals surface area contributed by atoms with Gasteiger partial charge in [0.2, 0.25) is 0 Å². The van der Waals surface area contributed by atoms with Crippen LogP contribution in [0.25, 0.3) is 0 Å². The van der Waals surface area contributed by atoms with Gasteiger partial charge >= 0.3 is 0 Å². The molecular formula is C10H21NS. The molecule has 1 unspecified atom stereocenters. The van der Waals surface area contributed by atoms with E-state index in [0.717, 1.165) is 11.3 Å². The van der Waals surface area contributed by atoms with Gasteiger partial charge in [0.15, 0.2) is 0 Å². The Hall–Kier alpha value is 0.310. The van der Waals surface area contributed by atoms with Crippen molar-refractivity contribution in [3.8, 4) is 0 Å². The minimum absolute atomic E-state index is 0.861. The highest BCUT2D eigenvalue weighted by molar-refractivity contribution is 7.99. The van der Waals surface area contributed by atoms with Gasteiger partial charge in [-0.3, -0.25) is 0 Å². The third kappa shape index (κ3) is 2.40. The molecule has 0 aromatic carbocycles. The second kappa shape index (κ2) is 5.13. The van der Waals surface area contributed by atoms with Crippen LogP contribution in [0.5, 0.6) is 0 Å². The lowest BCUT2D eigenvalue weighted by atomic mass is 10.2. The van der Waals surface area contributed by atoms with Crippen molar-refractivity contribution < 1.29 is 0 Å². The summed E-state index contributed by atoms with van der Waals surface area (Å²) in [6, 6.07) is 0.861.